The van der Waals surface area contributed by atoms with E-state index in [-0.39, 0.29) is 5.69 Å². The molecule has 0 aliphatic rings. The van der Waals surface area contributed by atoms with Crippen LogP contribution in [0.2, 0.25) is 0 Å². The smallest absolute Gasteiger partial charge is 0.258 e. The van der Waals surface area contributed by atoms with E-state index in [4.69, 9.17) is 0 Å². The van der Waals surface area contributed by atoms with E-state index in [1.54, 1.807) is 30.6 Å². The summed E-state index contributed by atoms with van der Waals surface area (Å²) in [5.74, 6) is 0. The predicted molar refractivity (Wildman–Crippen MR) is 55.0 cm³/mol. The van der Waals surface area contributed by atoms with Gasteiger partial charge in [0.05, 0.1) is 11.1 Å². The Morgan fingerprint density at radius 2 is 2.13 bits per heavy atom. The third kappa shape index (κ3) is 1.71. The molecule has 1 aromatic heterocycles. The summed E-state index contributed by atoms with van der Waals surface area (Å²) in [5.41, 5.74) is 1.50. The van der Waals surface area contributed by atoms with Crippen molar-refractivity contribution in [3.63, 3.8) is 0 Å². The molecule has 2 aromatic rings. The number of nitro groups is 1. The van der Waals surface area contributed by atoms with Crippen molar-refractivity contribution in [3.8, 4) is 5.69 Å². The average Bonchev–Trinajstić information content (AvgIpc) is 2.65. The summed E-state index contributed by atoms with van der Waals surface area (Å²) in [6.45, 7) is 1.89. The molecule has 0 aliphatic heterocycles. The molecule has 0 bridgehead atoms. The number of aryl methyl sites for hydroxylation is 1. The first-order valence-electron chi connectivity index (χ1n) is 4.43. The van der Waals surface area contributed by atoms with Crippen LogP contribution in [0.4, 0.5) is 5.69 Å². The zero-order chi connectivity index (χ0) is 10.8. The predicted octanol–water partition coefficient (Wildman–Crippen LogP) is 2.09. The topological polar surface area (TPSA) is 61.0 Å². The number of benzene rings is 1. The highest BCUT2D eigenvalue weighted by molar-refractivity contribution is 5.51. The van der Waals surface area contributed by atoms with E-state index >= 15 is 0 Å². The van der Waals surface area contributed by atoms with Crippen LogP contribution in [0.1, 0.15) is 5.56 Å². The molecule has 0 fully saturated rings. The Balaban J connectivity index is 2.57. The lowest BCUT2D eigenvalue weighted by Crippen LogP contribution is -1.99. The van der Waals surface area contributed by atoms with E-state index in [0.29, 0.717) is 5.69 Å². The van der Waals surface area contributed by atoms with Gasteiger partial charge in [0.15, 0.2) is 0 Å². The van der Waals surface area contributed by atoms with Crippen LogP contribution in [-0.4, -0.2) is 14.7 Å². The lowest BCUT2D eigenvalue weighted by molar-refractivity contribution is -0.384. The summed E-state index contributed by atoms with van der Waals surface area (Å²) in [6, 6.07) is 6.52. The molecule has 0 saturated heterocycles. The van der Waals surface area contributed by atoms with Crippen LogP contribution in [0, 0.1) is 17.0 Å². The van der Waals surface area contributed by atoms with Gasteiger partial charge in [-0.3, -0.25) is 10.1 Å². The summed E-state index contributed by atoms with van der Waals surface area (Å²) in [5, 5.41) is 14.8. The fourth-order valence-electron chi connectivity index (χ4n) is 1.36. The van der Waals surface area contributed by atoms with E-state index in [2.05, 4.69) is 5.10 Å². The maximum Gasteiger partial charge on any atom is 0.294 e. The maximum absolute atomic E-state index is 10.8. The fourth-order valence-corrected chi connectivity index (χ4v) is 1.36. The fraction of sp³-hybridized carbons (Fsp3) is 0.100. The second-order valence-electron chi connectivity index (χ2n) is 3.21. The number of aromatic nitrogens is 2. The SMILES string of the molecule is Cc1cnn(-c2ccccc2[N+](=O)[O-])c1. The van der Waals surface area contributed by atoms with Crippen molar-refractivity contribution in [2.75, 3.05) is 0 Å². The molecule has 1 aromatic carbocycles. The van der Waals surface area contributed by atoms with Gasteiger partial charge in [-0.1, -0.05) is 12.1 Å². The van der Waals surface area contributed by atoms with Crippen LogP contribution in [0.25, 0.3) is 5.69 Å². The van der Waals surface area contributed by atoms with Crippen LogP contribution in [0.5, 0.6) is 0 Å². The highest BCUT2D eigenvalue weighted by Gasteiger charge is 2.14. The van der Waals surface area contributed by atoms with Crippen LogP contribution in [-0.2, 0) is 0 Å². The Labute approximate surface area is 86.1 Å². The highest BCUT2D eigenvalue weighted by Crippen LogP contribution is 2.21. The minimum absolute atomic E-state index is 0.0561. The Morgan fingerprint density at radius 1 is 1.40 bits per heavy atom. The molecule has 5 nitrogen and oxygen atoms in total. The van der Waals surface area contributed by atoms with Crippen LogP contribution < -0.4 is 0 Å². The molecule has 15 heavy (non-hydrogen) atoms. The van der Waals surface area contributed by atoms with Gasteiger partial charge in [0, 0.05) is 12.3 Å². The molecule has 0 spiro atoms. The maximum atomic E-state index is 10.8. The van der Waals surface area contributed by atoms with Crippen LogP contribution >= 0.6 is 0 Å². The van der Waals surface area contributed by atoms with Crippen LogP contribution in [0.3, 0.4) is 0 Å². The summed E-state index contributed by atoms with van der Waals surface area (Å²) < 4.78 is 1.51. The first-order chi connectivity index (χ1) is 7.18. The third-order valence-corrected chi connectivity index (χ3v) is 2.04. The van der Waals surface area contributed by atoms with Gasteiger partial charge >= 0.3 is 0 Å². The highest BCUT2D eigenvalue weighted by atomic mass is 16.6. The lowest BCUT2D eigenvalue weighted by Gasteiger charge is -2.01. The largest absolute Gasteiger partial charge is 0.294 e. The zero-order valence-corrected chi connectivity index (χ0v) is 8.12. The molecular formula is C10H9N3O2. The number of hydrogen-bond donors (Lipinski definition) is 0. The molecule has 0 N–H and O–H groups in total. The monoisotopic (exact) mass is 203 g/mol. The van der Waals surface area contributed by atoms with E-state index in [1.807, 2.05) is 6.92 Å². The summed E-state index contributed by atoms with van der Waals surface area (Å²) in [4.78, 5) is 10.4. The van der Waals surface area contributed by atoms with Gasteiger partial charge in [-0.15, -0.1) is 0 Å². The molecular weight excluding hydrogens is 194 g/mol. The lowest BCUT2D eigenvalue weighted by atomic mass is 10.3. The molecule has 0 radical (unpaired) electrons. The molecule has 1 heterocycles. The minimum Gasteiger partial charge on any atom is -0.258 e. The Bertz CT molecular complexity index is 505. The summed E-state index contributed by atoms with van der Waals surface area (Å²) in [7, 11) is 0. The first kappa shape index (κ1) is 9.39. The number of nitrogens with zero attached hydrogens (tertiary/aromatic N) is 3. The Hall–Kier alpha value is -2.17. The van der Waals surface area contributed by atoms with E-state index in [9.17, 15) is 10.1 Å². The molecule has 0 atom stereocenters. The Morgan fingerprint density at radius 3 is 2.73 bits per heavy atom. The second kappa shape index (κ2) is 3.53. The minimum atomic E-state index is -0.410. The van der Waals surface area contributed by atoms with Gasteiger partial charge in [-0.05, 0) is 18.6 Å². The van der Waals surface area contributed by atoms with Gasteiger partial charge in [0.2, 0.25) is 0 Å². The average molecular weight is 203 g/mol. The summed E-state index contributed by atoms with van der Waals surface area (Å²) >= 11 is 0. The first-order valence-corrected chi connectivity index (χ1v) is 4.43. The van der Waals surface area contributed by atoms with Crippen molar-refractivity contribution >= 4 is 5.69 Å². The quantitative estimate of drug-likeness (QED) is 0.554. The standard InChI is InChI=1S/C10H9N3O2/c1-8-6-11-12(7-8)9-4-2-3-5-10(9)13(14)15/h2-7H,1H3. The van der Waals surface area contributed by atoms with E-state index in [1.165, 1.54) is 10.7 Å². The van der Waals surface area contributed by atoms with Crippen molar-refractivity contribution in [1.82, 2.24) is 9.78 Å². The zero-order valence-electron chi connectivity index (χ0n) is 8.12. The van der Waals surface area contributed by atoms with Gasteiger partial charge in [0.1, 0.15) is 5.69 Å². The van der Waals surface area contributed by atoms with Gasteiger partial charge in [0.25, 0.3) is 5.69 Å². The molecule has 2 rings (SSSR count). The molecule has 0 unspecified atom stereocenters. The van der Waals surface area contributed by atoms with Crippen molar-refractivity contribution in [3.05, 3.63) is 52.3 Å². The molecule has 0 amide bonds. The van der Waals surface area contributed by atoms with Gasteiger partial charge in [-0.25, -0.2) is 4.68 Å². The second-order valence-corrected chi connectivity index (χ2v) is 3.21. The number of rotatable bonds is 2. The third-order valence-electron chi connectivity index (χ3n) is 2.04. The molecule has 76 valence electrons. The summed E-state index contributed by atoms with van der Waals surface area (Å²) in [6.07, 6.45) is 3.42. The molecule has 0 aliphatic carbocycles. The Kier molecular flexibility index (Phi) is 2.21. The van der Waals surface area contributed by atoms with Crippen molar-refractivity contribution < 1.29 is 4.92 Å². The van der Waals surface area contributed by atoms with E-state index in [0.717, 1.165) is 5.56 Å². The van der Waals surface area contributed by atoms with Gasteiger partial charge < -0.3 is 0 Å². The number of nitro benzene ring substituents is 1. The molecule has 5 heteroatoms. The van der Waals surface area contributed by atoms with Crippen molar-refractivity contribution in [1.29, 1.82) is 0 Å². The van der Waals surface area contributed by atoms with E-state index < -0.39 is 4.92 Å². The molecule has 0 saturated carbocycles. The van der Waals surface area contributed by atoms with Crippen LogP contribution in [0.15, 0.2) is 36.7 Å². The number of hydrogen-bond acceptors (Lipinski definition) is 3. The number of para-hydroxylation sites is 2. The van der Waals surface area contributed by atoms with Crippen molar-refractivity contribution in [2.24, 2.45) is 0 Å². The van der Waals surface area contributed by atoms with Crippen molar-refractivity contribution in [2.45, 2.75) is 6.92 Å². The van der Waals surface area contributed by atoms with Gasteiger partial charge in [-0.2, -0.15) is 5.10 Å². The normalized spacial score (nSPS) is 10.2.